The quantitative estimate of drug-likeness (QED) is 0.825. The summed E-state index contributed by atoms with van der Waals surface area (Å²) in [4.78, 5) is 14.3. The van der Waals surface area contributed by atoms with Gasteiger partial charge in [0.1, 0.15) is 5.78 Å². The summed E-state index contributed by atoms with van der Waals surface area (Å²) in [5, 5.41) is 0.624. The fourth-order valence-electron chi connectivity index (χ4n) is 2.91. The zero-order valence-electron chi connectivity index (χ0n) is 10.8. The molecule has 1 saturated carbocycles. The number of fused-ring (bicyclic) bond motifs is 1. The Morgan fingerprint density at radius 1 is 1.15 bits per heavy atom. The lowest BCUT2D eigenvalue weighted by Gasteiger charge is -2.20. The maximum atomic E-state index is 12.8. The molecule has 1 aliphatic rings. The summed E-state index contributed by atoms with van der Waals surface area (Å²) in [6, 6.07) is 3.76. The molecule has 0 amide bonds. The number of H-pyrrole nitrogens is 1. The van der Waals surface area contributed by atoms with Crippen LogP contribution in [-0.4, -0.2) is 10.8 Å². The normalized spacial score (nSPS) is 17.9. The number of hydrogen-bond donors (Lipinski definition) is 1. The Bertz CT molecular complexity index is 647. The Morgan fingerprint density at radius 3 is 2.50 bits per heavy atom. The average molecular weight is 281 g/mol. The average Bonchev–Trinajstić information content (AvgIpc) is 2.81. The Balaban J connectivity index is 2.01. The van der Waals surface area contributed by atoms with Gasteiger partial charge in [-0.2, -0.15) is 13.2 Å². The highest BCUT2D eigenvalue weighted by molar-refractivity contribution is 5.85. The second-order valence-corrected chi connectivity index (χ2v) is 5.32. The number of carbonyl (C=O) groups excluding carboxylic acids is 1. The van der Waals surface area contributed by atoms with Crippen LogP contribution < -0.4 is 0 Å². The fourth-order valence-corrected chi connectivity index (χ4v) is 2.91. The third kappa shape index (κ3) is 2.32. The highest BCUT2D eigenvalue weighted by atomic mass is 19.4. The number of aromatic amines is 1. The number of ketones is 1. The maximum absolute atomic E-state index is 12.8. The number of hydrogen-bond acceptors (Lipinski definition) is 1. The van der Waals surface area contributed by atoms with E-state index in [1.54, 1.807) is 6.20 Å². The molecule has 5 heteroatoms. The molecule has 106 valence electrons. The molecule has 0 aliphatic heterocycles. The first-order valence-corrected chi connectivity index (χ1v) is 6.65. The molecule has 20 heavy (non-hydrogen) atoms. The van der Waals surface area contributed by atoms with Gasteiger partial charge in [0.15, 0.2) is 0 Å². The van der Waals surface area contributed by atoms with Gasteiger partial charge < -0.3 is 4.98 Å². The van der Waals surface area contributed by atoms with Crippen molar-refractivity contribution in [1.82, 2.24) is 4.98 Å². The molecular weight excluding hydrogens is 267 g/mol. The minimum absolute atomic E-state index is 0.171. The van der Waals surface area contributed by atoms with E-state index in [1.807, 2.05) is 0 Å². The van der Waals surface area contributed by atoms with Crippen molar-refractivity contribution in [2.75, 3.05) is 0 Å². The summed E-state index contributed by atoms with van der Waals surface area (Å²) in [5.41, 5.74) is 0.987. The molecule has 0 saturated heterocycles. The van der Waals surface area contributed by atoms with E-state index in [1.165, 1.54) is 12.1 Å². The zero-order chi connectivity index (χ0) is 14.3. The molecule has 2 aromatic rings. The zero-order valence-corrected chi connectivity index (χ0v) is 10.8. The van der Waals surface area contributed by atoms with E-state index in [-0.39, 0.29) is 11.7 Å². The minimum atomic E-state index is -4.33. The number of rotatable bonds is 1. The molecule has 1 N–H and O–H groups in total. The molecular formula is C15H14F3NO. The van der Waals surface area contributed by atoms with Gasteiger partial charge in [0.25, 0.3) is 0 Å². The van der Waals surface area contributed by atoms with Crippen LogP contribution in [0.5, 0.6) is 0 Å². The summed E-state index contributed by atoms with van der Waals surface area (Å²) < 4.78 is 38.4. The van der Waals surface area contributed by atoms with Crippen LogP contribution in [0.15, 0.2) is 24.4 Å². The smallest absolute Gasteiger partial charge is 0.361 e. The van der Waals surface area contributed by atoms with Gasteiger partial charge in [-0.25, -0.2) is 0 Å². The number of aromatic nitrogens is 1. The first-order chi connectivity index (χ1) is 9.45. The van der Waals surface area contributed by atoms with E-state index in [0.29, 0.717) is 23.7 Å². The summed E-state index contributed by atoms with van der Waals surface area (Å²) in [7, 11) is 0. The van der Waals surface area contributed by atoms with E-state index in [9.17, 15) is 18.0 Å². The predicted octanol–water partition coefficient (Wildman–Crippen LogP) is 4.41. The standard InChI is InChI=1S/C15H14F3NO/c16-15(17,18)10-3-6-14-12(7-10)13(8-19-14)9-1-4-11(20)5-2-9/h3,6-9,19H,1-2,4-5H2. The van der Waals surface area contributed by atoms with Gasteiger partial charge >= 0.3 is 6.18 Å². The Morgan fingerprint density at radius 2 is 1.85 bits per heavy atom. The number of benzene rings is 1. The topological polar surface area (TPSA) is 32.9 Å². The molecule has 1 aliphatic carbocycles. The first kappa shape index (κ1) is 13.2. The van der Waals surface area contributed by atoms with E-state index in [2.05, 4.69) is 4.98 Å². The van der Waals surface area contributed by atoms with Crippen molar-refractivity contribution in [2.45, 2.75) is 37.8 Å². The lowest BCUT2D eigenvalue weighted by Crippen LogP contribution is -2.12. The molecule has 1 aromatic heterocycles. The van der Waals surface area contributed by atoms with Crippen molar-refractivity contribution < 1.29 is 18.0 Å². The van der Waals surface area contributed by atoms with Gasteiger partial charge in [0, 0.05) is 29.9 Å². The molecule has 1 aromatic carbocycles. The van der Waals surface area contributed by atoms with Crippen molar-refractivity contribution in [1.29, 1.82) is 0 Å². The van der Waals surface area contributed by atoms with Crippen LogP contribution in [0.2, 0.25) is 0 Å². The number of alkyl halides is 3. The van der Waals surface area contributed by atoms with E-state index < -0.39 is 11.7 Å². The molecule has 0 spiro atoms. The molecule has 1 fully saturated rings. The van der Waals surface area contributed by atoms with Crippen LogP contribution in [0.1, 0.15) is 42.7 Å². The van der Waals surface area contributed by atoms with Gasteiger partial charge in [0.05, 0.1) is 5.56 Å². The summed E-state index contributed by atoms with van der Waals surface area (Å²) in [6.45, 7) is 0. The van der Waals surface area contributed by atoms with E-state index in [0.717, 1.165) is 24.5 Å². The molecule has 2 nitrogen and oxygen atoms in total. The lowest BCUT2D eigenvalue weighted by atomic mass is 9.83. The van der Waals surface area contributed by atoms with Crippen LogP contribution in [0.25, 0.3) is 10.9 Å². The molecule has 3 rings (SSSR count). The minimum Gasteiger partial charge on any atom is -0.361 e. The lowest BCUT2D eigenvalue weighted by molar-refractivity contribution is -0.137. The van der Waals surface area contributed by atoms with Crippen molar-refractivity contribution >= 4 is 16.7 Å². The van der Waals surface area contributed by atoms with Crippen LogP contribution in [0, 0.1) is 0 Å². The molecule has 0 radical (unpaired) electrons. The second-order valence-electron chi connectivity index (χ2n) is 5.32. The van der Waals surface area contributed by atoms with Crippen LogP contribution in [-0.2, 0) is 11.0 Å². The summed E-state index contributed by atoms with van der Waals surface area (Å²) in [5.74, 6) is 0.419. The largest absolute Gasteiger partial charge is 0.416 e. The highest BCUT2D eigenvalue weighted by Crippen LogP contribution is 2.38. The van der Waals surface area contributed by atoms with Crippen LogP contribution >= 0.6 is 0 Å². The van der Waals surface area contributed by atoms with Gasteiger partial charge in [-0.1, -0.05) is 0 Å². The monoisotopic (exact) mass is 281 g/mol. The van der Waals surface area contributed by atoms with Crippen molar-refractivity contribution in [3.05, 3.63) is 35.5 Å². The SMILES string of the molecule is O=C1CCC(c2c[nH]c3ccc(C(F)(F)F)cc23)CC1. The summed E-state index contributed by atoms with van der Waals surface area (Å²) >= 11 is 0. The Labute approximate surface area is 114 Å². The van der Waals surface area contributed by atoms with E-state index in [4.69, 9.17) is 0 Å². The Kier molecular flexibility index (Phi) is 3.07. The van der Waals surface area contributed by atoms with Crippen LogP contribution in [0.3, 0.4) is 0 Å². The first-order valence-electron chi connectivity index (χ1n) is 6.65. The fraction of sp³-hybridized carbons (Fsp3) is 0.400. The highest BCUT2D eigenvalue weighted by Gasteiger charge is 2.31. The molecule has 0 atom stereocenters. The van der Waals surface area contributed by atoms with Crippen LogP contribution in [0.4, 0.5) is 13.2 Å². The van der Waals surface area contributed by atoms with Crippen molar-refractivity contribution in [2.24, 2.45) is 0 Å². The van der Waals surface area contributed by atoms with E-state index >= 15 is 0 Å². The van der Waals surface area contributed by atoms with Gasteiger partial charge in [-0.3, -0.25) is 4.79 Å². The maximum Gasteiger partial charge on any atom is 0.416 e. The van der Waals surface area contributed by atoms with Gasteiger partial charge in [0.2, 0.25) is 0 Å². The number of halogens is 3. The third-order valence-electron chi connectivity index (χ3n) is 4.02. The third-order valence-corrected chi connectivity index (χ3v) is 4.02. The van der Waals surface area contributed by atoms with Gasteiger partial charge in [-0.05, 0) is 42.5 Å². The van der Waals surface area contributed by atoms with Gasteiger partial charge in [-0.15, -0.1) is 0 Å². The van der Waals surface area contributed by atoms with Crippen molar-refractivity contribution in [3.8, 4) is 0 Å². The summed E-state index contributed by atoms with van der Waals surface area (Å²) in [6.07, 6.45) is -0.0484. The Hall–Kier alpha value is -1.78. The molecule has 1 heterocycles. The van der Waals surface area contributed by atoms with Crippen molar-refractivity contribution in [3.63, 3.8) is 0 Å². The number of carbonyl (C=O) groups is 1. The molecule has 0 unspecified atom stereocenters. The number of Topliss-reactive ketones (excluding diaryl/α,β-unsaturated/α-hetero) is 1. The predicted molar refractivity (Wildman–Crippen MR) is 69.5 cm³/mol. The molecule has 0 bridgehead atoms. The number of nitrogens with one attached hydrogen (secondary N) is 1. The second kappa shape index (κ2) is 4.65.